The lowest BCUT2D eigenvalue weighted by atomic mass is 9.53. The van der Waals surface area contributed by atoms with Gasteiger partial charge in [-0.2, -0.15) is 0 Å². The molecule has 5 aliphatic rings. The molecule has 0 unspecified atom stereocenters. The Morgan fingerprint density at radius 3 is 2.74 bits per heavy atom. The monoisotopic (exact) mass is 475 g/mol. The van der Waals surface area contributed by atoms with E-state index < -0.39 is 54.3 Å². The molecule has 2 saturated heterocycles. The standard InChI is InChI=1S/C24H29NO9/c1-25-8-7-24-11-4-6-14(32-23-18(29)16(27)17(28)20(34-23)22(30)31-2)21(24)33-19-13(26)5-3-10(15(19)24)9-12(11)25/h3-6,11-12,14,16-18,20-21,23,26-29H,7-9H2,1-2H3/t11-,12+,14-,16-,17-,18+,20-,21-,23-,24-/m0/s1. The number of likely N-dealkylation sites (tertiary alicyclic amines) is 1. The number of nitrogens with zero attached hydrogens (tertiary/aromatic N) is 1. The molecule has 10 nitrogen and oxygen atoms in total. The number of carbonyl (C=O) groups is 1. The van der Waals surface area contributed by atoms with E-state index >= 15 is 0 Å². The fraction of sp³-hybridized carbons (Fsp3) is 0.625. The third-order valence-electron chi connectivity index (χ3n) is 8.42. The summed E-state index contributed by atoms with van der Waals surface area (Å²) in [7, 11) is 3.26. The van der Waals surface area contributed by atoms with Gasteiger partial charge < -0.3 is 44.3 Å². The predicted molar refractivity (Wildman–Crippen MR) is 115 cm³/mol. The van der Waals surface area contributed by atoms with Crippen molar-refractivity contribution in [3.63, 3.8) is 0 Å². The molecule has 1 aromatic rings. The van der Waals surface area contributed by atoms with Gasteiger partial charge in [-0.25, -0.2) is 4.79 Å². The van der Waals surface area contributed by atoms with E-state index in [1.54, 1.807) is 6.07 Å². The molecule has 34 heavy (non-hydrogen) atoms. The molecule has 2 aliphatic carbocycles. The quantitative estimate of drug-likeness (QED) is 0.325. The number of hydrogen-bond donors (Lipinski definition) is 4. The number of ether oxygens (including phenoxy) is 4. The minimum absolute atomic E-state index is 0.0793. The van der Waals surface area contributed by atoms with Crippen molar-refractivity contribution < 1.29 is 44.2 Å². The number of piperidine rings is 1. The molecule has 4 N–H and O–H groups in total. The van der Waals surface area contributed by atoms with Gasteiger partial charge in [0.25, 0.3) is 0 Å². The molecule has 10 heteroatoms. The highest BCUT2D eigenvalue weighted by Crippen LogP contribution is 2.62. The first-order valence-corrected chi connectivity index (χ1v) is 11.6. The zero-order chi connectivity index (χ0) is 23.9. The molecule has 1 spiro atoms. The smallest absolute Gasteiger partial charge is 0.337 e. The number of hydrogen-bond acceptors (Lipinski definition) is 10. The van der Waals surface area contributed by atoms with Gasteiger partial charge in [0.15, 0.2) is 23.9 Å². The zero-order valence-electron chi connectivity index (χ0n) is 18.9. The zero-order valence-corrected chi connectivity index (χ0v) is 18.9. The van der Waals surface area contributed by atoms with Crippen LogP contribution in [0.1, 0.15) is 17.5 Å². The number of methoxy groups -OCH3 is 1. The van der Waals surface area contributed by atoms with E-state index in [4.69, 9.17) is 14.2 Å². The minimum Gasteiger partial charge on any atom is -0.504 e. The topological polar surface area (TPSA) is 138 Å². The predicted octanol–water partition coefficient (Wildman–Crippen LogP) is -0.797. The van der Waals surface area contributed by atoms with E-state index in [2.05, 4.69) is 22.8 Å². The van der Waals surface area contributed by atoms with Crippen molar-refractivity contribution in [1.29, 1.82) is 0 Å². The van der Waals surface area contributed by atoms with Gasteiger partial charge in [0.1, 0.15) is 30.5 Å². The van der Waals surface area contributed by atoms with Crippen molar-refractivity contribution in [2.45, 2.75) is 67.2 Å². The molecule has 3 aliphatic heterocycles. The van der Waals surface area contributed by atoms with Gasteiger partial charge >= 0.3 is 5.97 Å². The third kappa shape index (κ3) is 2.81. The van der Waals surface area contributed by atoms with Gasteiger partial charge in [0.05, 0.1) is 7.11 Å². The molecule has 184 valence electrons. The lowest BCUT2D eigenvalue weighted by Gasteiger charge is -2.57. The second kappa shape index (κ2) is 7.64. The Labute approximate surface area is 196 Å². The third-order valence-corrected chi connectivity index (χ3v) is 8.42. The first-order valence-electron chi connectivity index (χ1n) is 11.6. The van der Waals surface area contributed by atoms with Crippen molar-refractivity contribution in [2.24, 2.45) is 5.92 Å². The molecule has 6 rings (SSSR count). The Balaban J connectivity index is 1.37. The van der Waals surface area contributed by atoms with Crippen molar-refractivity contribution in [3.05, 3.63) is 35.4 Å². The minimum atomic E-state index is -1.67. The van der Waals surface area contributed by atoms with Crippen LogP contribution in [-0.2, 0) is 30.8 Å². The number of benzene rings is 1. The summed E-state index contributed by atoms with van der Waals surface area (Å²) in [6.45, 7) is 0.855. The van der Waals surface area contributed by atoms with Gasteiger partial charge in [-0.15, -0.1) is 0 Å². The summed E-state index contributed by atoms with van der Waals surface area (Å²) < 4.78 is 22.8. The fourth-order valence-electron chi connectivity index (χ4n) is 6.76. The molecule has 0 amide bonds. The number of phenolic OH excluding ortho intramolecular Hbond substituents is 1. The molecule has 2 bridgehead atoms. The van der Waals surface area contributed by atoms with Gasteiger partial charge in [-0.1, -0.05) is 18.2 Å². The second-order valence-corrected chi connectivity index (χ2v) is 9.96. The van der Waals surface area contributed by atoms with Crippen molar-refractivity contribution >= 4 is 5.97 Å². The van der Waals surface area contributed by atoms with E-state index in [1.807, 2.05) is 12.1 Å². The fourth-order valence-corrected chi connectivity index (χ4v) is 6.76. The average molecular weight is 475 g/mol. The summed E-state index contributed by atoms with van der Waals surface area (Å²) >= 11 is 0. The molecule has 0 saturated carbocycles. The number of aliphatic hydroxyl groups is 3. The summed E-state index contributed by atoms with van der Waals surface area (Å²) in [5.41, 5.74) is 1.76. The number of aliphatic hydroxyl groups excluding tert-OH is 3. The summed E-state index contributed by atoms with van der Waals surface area (Å²) in [5, 5.41) is 41.7. The molecule has 3 heterocycles. The maximum atomic E-state index is 12.1. The van der Waals surface area contributed by atoms with E-state index in [-0.39, 0.29) is 17.7 Å². The summed E-state index contributed by atoms with van der Waals surface area (Å²) in [6, 6.07) is 3.90. The summed E-state index contributed by atoms with van der Waals surface area (Å²) in [4.78, 5) is 14.4. The van der Waals surface area contributed by atoms with Crippen LogP contribution in [0.2, 0.25) is 0 Å². The van der Waals surface area contributed by atoms with Crippen molar-refractivity contribution in [2.75, 3.05) is 20.7 Å². The highest BCUT2D eigenvalue weighted by atomic mass is 16.7. The van der Waals surface area contributed by atoms with Gasteiger partial charge in [-0.05, 0) is 38.1 Å². The second-order valence-electron chi connectivity index (χ2n) is 9.96. The van der Waals surface area contributed by atoms with E-state index in [0.29, 0.717) is 5.75 Å². The van der Waals surface area contributed by atoms with Crippen LogP contribution < -0.4 is 4.74 Å². The van der Waals surface area contributed by atoms with E-state index in [0.717, 1.165) is 37.6 Å². The van der Waals surface area contributed by atoms with Crippen LogP contribution in [0.3, 0.4) is 0 Å². The van der Waals surface area contributed by atoms with Crippen LogP contribution in [0.4, 0.5) is 0 Å². The van der Waals surface area contributed by atoms with Gasteiger partial charge in [-0.3, -0.25) is 0 Å². The number of phenols is 1. The SMILES string of the molecule is COC(=O)[C@H]1O[C@H](O[C@H]2C=C[C@H]3[C@H]4Cc5ccc(O)c6c5[C@@]3(CCN4C)[C@H]2O6)[C@H](O)[C@@H](O)[C@@H]1O. The van der Waals surface area contributed by atoms with E-state index in [9.17, 15) is 25.2 Å². The number of rotatable bonds is 3. The van der Waals surface area contributed by atoms with Crippen molar-refractivity contribution in [3.8, 4) is 11.5 Å². The number of esters is 1. The summed E-state index contributed by atoms with van der Waals surface area (Å²) in [6.07, 6.45) is -3.40. The van der Waals surface area contributed by atoms with Gasteiger partial charge in [0.2, 0.25) is 0 Å². The highest BCUT2D eigenvalue weighted by molar-refractivity contribution is 5.75. The maximum Gasteiger partial charge on any atom is 0.337 e. The molecule has 2 fully saturated rings. The first kappa shape index (κ1) is 22.3. The molecule has 1 aromatic carbocycles. The first-order chi connectivity index (χ1) is 16.3. The Kier molecular flexibility index (Phi) is 5.01. The van der Waals surface area contributed by atoms with Crippen LogP contribution in [0.5, 0.6) is 11.5 Å². The Hall–Kier alpha value is -2.21. The average Bonchev–Trinajstić information content (AvgIpc) is 3.19. The lowest BCUT2D eigenvalue weighted by Crippen LogP contribution is -2.66. The lowest BCUT2D eigenvalue weighted by molar-refractivity contribution is -0.307. The molecular weight excluding hydrogens is 446 g/mol. The maximum absolute atomic E-state index is 12.1. The normalized spacial score (nSPS) is 44.3. The van der Waals surface area contributed by atoms with Crippen LogP contribution >= 0.6 is 0 Å². The number of likely N-dealkylation sites (N-methyl/N-ethyl adjacent to an activating group) is 1. The van der Waals surface area contributed by atoms with Crippen molar-refractivity contribution in [1.82, 2.24) is 4.90 Å². The van der Waals surface area contributed by atoms with Crippen LogP contribution in [0, 0.1) is 5.92 Å². The van der Waals surface area contributed by atoms with Crippen LogP contribution in [0.25, 0.3) is 0 Å². The largest absolute Gasteiger partial charge is 0.504 e. The highest BCUT2D eigenvalue weighted by Gasteiger charge is 2.65. The van der Waals surface area contributed by atoms with Crippen LogP contribution in [-0.4, -0.2) is 101 Å². The molecule has 0 radical (unpaired) electrons. The molecule has 10 atom stereocenters. The number of aromatic hydroxyl groups is 1. The Morgan fingerprint density at radius 2 is 1.97 bits per heavy atom. The summed E-state index contributed by atoms with van der Waals surface area (Å²) in [5.74, 6) is -0.176. The Morgan fingerprint density at radius 1 is 1.18 bits per heavy atom. The van der Waals surface area contributed by atoms with Crippen LogP contribution in [0.15, 0.2) is 24.3 Å². The number of carbonyl (C=O) groups excluding carboxylic acids is 1. The Bertz CT molecular complexity index is 1050. The van der Waals surface area contributed by atoms with Gasteiger partial charge in [0, 0.05) is 22.9 Å². The van der Waals surface area contributed by atoms with E-state index in [1.165, 1.54) is 0 Å². The molecular formula is C24H29NO9. The molecule has 0 aromatic heterocycles.